The lowest BCUT2D eigenvalue weighted by atomic mass is 9.89. The van der Waals surface area contributed by atoms with Crippen molar-refractivity contribution in [1.29, 1.82) is 0 Å². The molecule has 0 unspecified atom stereocenters. The minimum absolute atomic E-state index is 0.780. The molecule has 0 amide bonds. The van der Waals surface area contributed by atoms with Crippen LogP contribution in [0.3, 0.4) is 0 Å². The number of hydrogen-bond acceptors (Lipinski definition) is 10. The molecule has 0 radical (unpaired) electrons. The van der Waals surface area contributed by atoms with Crippen LogP contribution in [-0.2, 0) is 28.2 Å². The number of hydrogen-bond donors (Lipinski definition) is 7. The maximum absolute atomic E-state index is 11.5. The molecule has 1 aliphatic rings. The third-order valence-corrected chi connectivity index (χ3v) is 3.93. The van der Waals surface area contributed by atoms with E-state index in [1.807, 2.05) is 0 Å². The predicted octanol–water partition coefficient (Wildman–Crippen LogP) is -3.36. The van der Waals surface area contributed by atoms with Gasteiger partial charge in [-0.25, -0.2) is 9.36 Å². The molecule has 13 nitrogen and oxygen atoms in total. The van der Waals surface area contributed by atoms with E-state index in [9.17, 15) is 29.5 Å². The van der Waals surface area contributed by atoms with Gasteiger partial charge in [-0.1, -0.05) is 0 Å². The molecule has 1 rings (SSSR count). The highest BCUT2D eigenvalue weighted by Gasteiger charge is 2.57. The third kappa shape index (κ3) is 5.41. The molecule has 0 aromatic heterocycles. The summed E-state index contributed by atoms with van der Waals surface area (Å²) in [7, 11) is -5.24. The number of aliphatic hydroxyl groups excluding tert-OH is 3. The minimum atomic E-state index is -5.24. The molecule has 0 aromatic rings. The lowest BCUT2D eigenvalue weighted by molar-refractivity contribution is -0.297. The highest BCUT2D eigenvalue weighted by Crippen LogP contribution is 2.42. The van der Waals surface area contributed by atoms with Crippen LogP contribution >= 0.6 is 7.82 Å². The average molecular weight is 389 g/mol. The summed E-state index contributed by atoms with van der Waals surface area (Å²) < 4.78 is 25.1. The van der Waals surface area contributed by atoms with Crippen LogP contribution in [-0.4, -0.2) is 85.0 Å². The van der Waals surface area contributed by atoms with Crippen molar-refractivity contribution in [3.8, 4) is 0 Å². The molecule has 1 heterocycles. The third-order valence-electron chi connectivity index (χ3n) is 3.41. The van der Waals surface area contributed by atoms with Gasteiger partial charge in [0.2, 0.25) is 0 Å². The second kappa shape index (κ2) is 8.03. The standard InChI is InChI=1S/C11H20NO12P/c1-4(14)22-11(10(17)18)2-5(15)7(12)9(23-11)8(6(16)3-13)24-25(19,20)21/h5-9,13,15-16H,2-3,12H2,1H3,(H,17,18)(H2,19,20,21)/t5-,6+,7+,8+,9+,11-/m0/s1. The highest BCUT2D eigenvalue weighted by molar-refractivity contribution is 7.46. The maximum atomic E-state index is 11.5. The molecule has 14 heteroatoms. The molecule has 146 valence electrons. The summed E-state index contributed by atoms with van der Waals surface area (Å²) in [6.07, 6.45) is -8.29. The number of ether oxygens (including phenoxy) is 2. The molecule has 8 N–H and O–H groups in total. The van der Waals surface area contributed by atoms with E-state index in [-0.39, 0.29) is 0 Å². The molecule has 25 heavy (non-hydrogen) atoms. The van der Waals surface area contributed by atoms with Gasteiger partial charge in [-0.2, -0.15) is 0 Å². The Kier molecular flexibility index (Phi) is 7.03. The number of carbonyl (C=O) groups excluding carboxylic acids is 1. The van der Waals surface area contributed by atoms with Crippen molar-refractivity contribution in [3.63, 3.8) is 0 Å². The first-order valence-corrected chi connectivity index (χ1v) is 8.43. The lowest BCUT2D eigenvalue weighted by Gasteiger charge is -2.45. The first-order chi connectivity index (χ1) is 11.3. The van der Waals surface area contributed by atoms with Crippen LogP contribution < -0.4 is 5.73 Å². The van der Waals surface area contributed by atoms with Crippen LogP contribution in [0, 0.1) is 0 Å². The van der Waals surface area contributed by atoms with Crippen LogP contribution in [0.5, 0.6) is 0 Å². The molecule has 0 spiro atoms. The highest BCUT2D eigenvalue weighted by atomic mass is 31.2. The van der Waals surface area contributed by atoms with E-state index in [0.717, 1.165) is 6.92 Å². The fraction of sp³-hybridized carbons (Fsp3) is 0.818. The van der Waals surface area contributed by atoms with Gasteiger partial charge in [0.15, 0.2) is 0 Å². The lowest BCUT2D eigenvalue weighted by Crippen LogP contribution is -2.66. The monoisotopic (exact) mass is 389 g/mol. The van der Waals surface area contributed by atoms with Crippen molar-refractivity contribution >= 4 is 19.8 Å². The molecule has 0 saturated carbocycles. The van der Waals surface area contributed by atoms with Crippen molar-refractivity contribution < 1.29 is 58.4 Å². The van der Waals surface area contributed by atoms with E-state index in [0.29, 0.717) is 0 Å². The first-order valence-electron chi connectivity index (χ1n) is 6.90. The van der Waals surface area contributed by atoms with Gasteiger partial charge in [0.25, 0.3) is 0 Å². The summed E-state index contributed by atoms with van der Waals surface area (Å²) in [6, 6.07) is -1.49. The molecular weight excluding hydrogens is 369 g/mol. The number of phosphoric acid groups is 1. The molecule has 1 saturated heterocycles. The molecular formula is C11H20NO12P. The fourth-order valence-corrected chi connectivity index (χ4v) is 2.93. The Bertz CT molecular complexity index is 551. The smallest absolute Gasteiger partial charge is 0.470 e. The SMILES string of the molecule is CC(=O)O[C@@]1(C(=O)O)C[C@H](O)[C@@H](N)[C@H]([C@H](OP(=O)(O)O)[C@H](O)CO)O1. The van der Waals surface area contributed by atoms with Gasteiger partial charge in [-0.15, -0.1) is 0 Å². The Hall–Kier alpha value is -1.15. The number of nitrogens with two attached hydrogens (primary N) is 1. The van der Waals surface area contributed by atoms with Crippen LogP contribution in [0.1, 0.15) is 13.3 Å². The maximum Gasteiger partial charge on any atom is 0.470 e. The van der Waals surface area contributed by atoms with E-state index in [4.69, 9.17) is 25.4 Å². The van der Waals surface area contributed by atoms with Gasteiger partial charge in [0.1, 0.15) is 18.3 Å². The molecule has 6 atom stereocenters. The Morgan fingerprint density at radius 1 is 1.44 bits per heavy atom. The second-order valence-corrected chi connectivity index (χ2v) is 6.59. The number of esters is 1. The zero-order valence-electron chi connectivity index (χ0n) is 13.0. The van der Waals surface area contributed by atoms with Gasteiger partial charge < -0.3 is 45.4 Å². The number of carbonyl (C=O) groups is 2. The predicted molar refractivity (Wildman–Crippen MR) is 75.6 cm³/mol. The minimum Gasteiger partial charge on any atom is -0.476 e. The number of carboxylic acid groups (broad SMARTS) is 1. The first kappa shape index (κ1) is 21.9. The van der Waals surface area contributed by atoms with Crippen molar-refractivity contribution in [2.24, 2.45) is 5.73 Å². The van der Waals surface area contributed by atoms with E-state index in [2.05, 4.69) is 9.26 Å². The Morgan fingerprint density at radius 3 is 2.40 bits per heavy atom. The Balaban J connectivity index is 3.29. The number of aliphatic carboxylic acids is 1. The van der Waals surface area contributed by atoms with Gasteiger partial charge in [0.05, 0.1) is 25.2 Å². The van der Waals surface area contributed by atoms with Crippen LogP contribution in [0.4, 0.5) is 0 Å². The van der Waals surface area contributed by atoms with Gasteiger partial charge >= 0.3 is 25.5 Å². The van der Waals surface area contributed by atoms with E-state index in [1.54, 1.807) is 0 Å². The summed E-state index contributed by atoms with van der Waals surface area (Å²) in [5, 5.41) is 38.1. The number of rotatable bonds is 7. The Morgan fingerprint density at radius 2 is 2.00 bits per heavy atom. The second-order valence-electron chi connectivity index (χ2n) is 5.39. The van der Waals surface area contributed by atoms with Crippen LogP contribution in [0.25, 0.3) is 0 Å². The summed E-state index contributed by atoms with van der Waals surface area (Å²) in [4.78, 5) is 40.5. The molecule has 0 bridgehead atoms. The molecule has 0 aromatic carbocycles. The van der Waals surface area contributed by atoms with Crippen molar-refractivity contribution in [3.05, 3.63) is 0 Å². The van der Waals surface area contributed by atoms with E-state index < -0.39 is 69.0 Å². The van der Waals surface area contributed by atoms with Gasteiger partial charge in [-0.05, 0) is 0 Å². The van der Waals surface area contributed by atoms with Crippen LogP contribution in [0.2, 0.25) is 0 Å². The van der Waals surface area contributed by atoms with Gasteiger partial charge in [0, 0.05) is 6.92 Å². The number of aliphatic hydroxyl groups is 3. The quantitative estimate of drug-likeness (QED) is 0.167. The fourth-order valence-electron chi connectivity index (χ4n) is 2.35. The molecule has 0 aliphatic carbocycles. The number of carboxylic acids is 1. The average Bonchev–Trinajstić information content (AvgIpc) is 2.46. The van der Waals surface area contributed by atoms with Crippen molar-refractivity contribution in [2.45, 2.75) is 49.6 Å². The van der Waals surface area contributed by atoms with Crippen molar-refractivity contribution in [1.82, 2.24) is 0 Å². The van der Waals surface area contributed by atoms with E-state index >= 15 is 0 Å². The summed E-state index contributed by atoms with van der Waals surface area (Å²) >= 11 is 0. The number of phosphoric ester groups is 1. The van der Waals surface area contributed by atoms with E-state index in [1.165, 1.54) is 0 Å². The zero-order valence-corrected chi connectivity index (χ0v) is 13.9. The summed E-state index contributed by atoms with van der Waals surface area (Å²) in [5.41, 5.74) is 5.65. The van der Waals surface area contributed by atoms with Gasteiger partial charge in [-0.3, -0.25) is 9.32 Å². The topological polar surface area (TPSA) is 226 Å². The zero-order chi connectivity index (χ0) is 19.6. The Labute approximate surface area is 141 Å². The molecule has 1 fully saturated rings. The van der Waals surface area contributed by atoms with Crippen molar-refractivity contribution in [2.75, 3.05) is 6.61 Å². The molecule has 1 aliphatic heterocycles. The summed E-state index contributed by atoms with van der Waals surface area (Å²) in [6.45, 7) is -0.183. The largest absolute Gasteiger partial charge is 0.476 e. The van der Waals surface area contributed by atoms with Crippen LogP contribution in [0.15, 0.2) is 0 Å². The summed E-state index contributed by atoms with van der Waals surface area (Å²) in [5.74, 6) is -5.64. The normalized spacial score (nSPS) is 32.7.